The van der Waals surface area contributed by atoms with Crippen molar-refractivity contribution in [2.24, 2.45) is 5.41 Å². The summed E-state index contributed by atoms with van der Waals surface area (Å²) in [7, 11) is 0. The van der Waals surface area contributed by atoms with Crippen LogP contribution in [0.2, 0.25) is 0 Å². The molecule has 1 aromatic rings. The number of alkyl halides is 2. The summed E-state index contributed by atoms with van der Waals surface area (Å²) in [6.45, 7) is 7.82. The van der Waals surface area contributed by atoms with Crippen LogP contribution in [0.4, 0.5) is 0 Å². The Morgan fingerprint density at radius 2 is 1.81 bits per heavy atom. The van der Waals surface area contributed by atoms with E-state index in [4.69, 9.17) is 4.74 Å². The molecule has 0 aliphatic heterocycles. The molecule has 1 fully saturated rings. The minimum Gasteiger partial charge on any atom is -0.493 e. The average molecular weight is 624 g/mol. The van der Waals surface area contributed by atoms with Gasteiger partial charge in [0.25, 0.3) is 0 Å². The maximum absolute atomic E-state index is 5.95. The third kappa shape index (κ3) is 5.29. The maximum Gasteiger partial charge on any atom is 0.132 e. The highest BCUT2D eigenvalue weighted by Gasteiger charge is 2.35. The number of hydrogen-bond donors (Lipinski definition) is 0. The summed E-state index contributed by atoms with van der Waals surface area (Å²) in [4.78, 5) is 0. The Balaban J connectivity index is 2.26. The summed E-state index contributed by atoms with van der Waals surface area (Å²) >= 11 is 5.26. The molecule has 0 aromatic heterocycles. The topological polar surface area (TPSA) is 9.23 Å². The van der Waals surface area contributed by atoms with Gasteiger partial charge in [0.2, 0.25) is 0 Å². The van der Waals surface area contributed by atoms with Gasteiger partial charge in [-0.05, 0) is 40.3 Å². The van der Waals surface area contributed by atoms with Gasteiger partial charge in [-0.3, -0.25) is 0 Å². The largest absolute Gasteiger partial charge is 0.493 e. The van der Waals surface area contributed by atoms with Crippen molar-refractivity contribution in [3.05, 3.63) is 27.8 Å². The molecule has 21 heavy (non-hydrogen) atoms. The van der Waals surface area contributed by atoms with E-state index in [-0.39, 0.29) is 20.7 Å². The summed E-state index contributed by atoms with van der Waals surface area (Å²) in [5, 5.41) is 0. The summed E-state index contributed by atoms with van der Waals surface area (Å²) in [6, 6.07) is 8.67. The van der Waals surface area contributed by atoms with E-state index in [0.717, 1.165) is 26.6 Å². The molecule has 118 valence electrons. The van der Waals surface area contributed by atoms with E-state index < -0.39 is 0 Å². The Morgan fingerprint density at radius 1 is 1.19 bits per heavy atom. The molecule has 0 saturated heterocycles. The molecular weight excluding hydrogens is 601 g/mol. The molecule has 1 aliphatic rings. The molecule has 2 atom stereocenters. The second kappa shape index (κ2) is 8.26. The SMILES string of the molecule is CCCOc1ccccc1I=C1C(I)CC(C)(C)CC1I. The minimum atomic E-state index is -0.0799. The molecule has 1 saturated carbocycles. The van der Waals surface area contributed by atoms with Gasteiger partial charge in [-0.2, -0.15) is 0 Å². The Hall–Kier alpha value is 1.08. The van der Waals surface area contributed by atoms with E-state index >= 15 is 0 Å². The number of hydrogen-bond acceptors (Lipinski definition) is 1. The third-order valence-electron chi connectivity index (χ3n) is 3.57. The minimum absolute atomic E-state index is 0.0799. The smallest absolute Gasteiger partial charge is 0.132 e. The van der Waals surface area contributed by atoms with Crippen molar-refractivity contribution in [1.29, 1.82) is 0 Å². The zero-order valence-electron chi connectivity index (χ0n) is 12.8. The van der Waals surface area contributed by atoms with Crippen molar-refractivity contribution >= 4 is 69.4 Å². The lowest BCUT2D eigenvalue weighted by Crippen LogP contribution is -2.37. The first kappa shape index (κ1) is 18.4. The van der Waals surface area contributed by atoms with Crippen molar-refractivity contribution in [2.75, 3.05) is 6.61 Å². The molecule has 0 bridgehead atoms. The molecule has 0 radical (unpaired) electrons. The second-order valence-corrected chi connectivity index (χ2v) is 12.2. The zero-order valence-corrected chi connectivity index (χ0v) is 19.3. The molecule has 0 heterocycles. The quantitative estimate of drug-likeness (QED) is 0.286. The van der Waals surface area contributed by atoms with Crippen LogP contribution in [-0.2, 0) is 0 Å². The van der Waals surface area contributed by atoms with Gasteiger partial charge in [0, 0.05) is 11.4 Å². The van der Waals surface area contributed by atoms with Crippen LogP contribution in [0.3, 0.4) is 0 Å². The molecule has 0 spiro atoms. The van der Waals surface area contributed by atoms with Crippen LogP contribution in [-0.4, -0.2) is 18.0 Å². The molecular formula is C17H23I3O. The van der Waals surface area contributed by atoms with Gasteiger partial charge in [0.1, 0.15) is 5.75 Å². The lowest BCUT2D eigenvalue weighted by molar-refractivity contribution is 0.315. The predicted octanol–water partition coefficient (Wildman–Crippen LogP) is 6.22. The van der Waals surface area contributed by atoms with Gasteiger partial charge in [-0.1, -0.05) is 98.8 Å². The van der Waals surface area contributed by atoms with Crippen LogP contribution in [0.5, 0.6) is 5.75 Å². The highest BCUT2D eigenvalue weighted by atomic mass is 127. The van der Waals surface area contributed by atoms with E-state index in [2.05, 4.69) is 90.2 Å². The number of ether oxygens (including phenoxy) is 1. The van der Waals surface area contributed by atoms with Crippen LogP contribution in [0.1, 0.15) is 40.0 Å². The fourth-order valence-electron chi connectivity index (χ4n) is 2.53. The second-order valence-electron chi connectivity index (χ2n) is 6.27. The summed E-state index contributed by atoms with van der Waals surface area (Å²) < 4.78 is 10.6. The van der Waals surface area contributed by atoms with Gasteiger partial charge < -0.3 is 4.74 Å². The third-order valence-corrected chi connectivity index (χ3v) is 11.8. The Labute approximate surface area is 166 Å². The van der Waals surface area contributed by atoms with Crippen LogP contribution in [0, 0.1) is 8.99 Å². The number of rotatable bonds is 4. The van der Waals surface area contributed by atoms with Crippen molar-refractivity contribution in [3.63, 3.8) is 0 Å². The molecule has 0 N–H and O–H groups in total. The molecule has 2 rings (SSSR count). The van der Waals surface area contributed by atoms with E-state index in [9.17, 15) is 0 Å². The van der Waals surface area contributed by atoms with Crippen LogP contribution >= 0.6 is 65.9 Å². The number of para-hydroxylation sites is 1. The molecule has 1 aromatic carbocycles. The molecule has 0 amide bonds. The maximum atomic E-state index is 5.95. The average Bonchev–Trinajstić information content (AvgIpc) is 2.40. The molecule has 4 heteroatoms. The summed E-state index contributed by atoms with van der Waals surface area (Å²) in [5.74, 6) is 1.12. The fourth-order valence-corrected chi connectivity index (χ4v) is 10.8. The normalized spacial score (nSPS) is 24.9. The van der Waals surface area contributed by atoms with E-state index in [0.29, 0.717) is 5.41 Å². The Morgan fingerprint density at radius 3 is 2.43 bits per heavy atom. The molecule has 1 aliphatic carbocycles. The summed E-state index contributed by atoms with van der Waals surface area (Å²) in [6.07, 6.45) is 3.71. The van der Waals surface area contributed by atoms with E-state index in [1.807, 2.05) is 0 Å². The van der Waals surface area contributed by atoms with E-state index in [1.54, 1.807) is 3.51 Å². The van der Waals surface area contributed by atoms with Gasteiger partial charge in [0.05, 0.1) is 6.61 Å². The standard InChI is InChI=1S/C17H23I3O/c1-4-9-21-15-8-6-5-7-14(15)20-16-12(18)10-17(2,3)11-13(16)19/h5-8,12-13H,4,9-11H2,1-3H3. The lowest BCUT2D eigenvalue weighted by atomic mass is 9.77. The van der Waals surface area contributed by atoms with Gasteiger partial charge in [-0.25, -0.2) is 0 Å². The first-order valence-corrected chi connectivity index (χ1v) is 12.1. The highest BCUT2D eigenvalue weighted by Crippen LogP contribution is 2.43. The Kier molecular flexibility index (Phi) is 7.24. The van der Waals surface area contributed by atoms with E-state index in [1.165, 1.54) is 16.4 Å². The molecule has 2 unspecified atom stereocenters. The van der Waals surface area contributed by atoms with Crippen molar-refractivity contribution < 1.29 is 4.74 Å². The van der Waals surface area contributed by atoms with Crippen LogP contribution in [0.15, 0.2) is 24.3 Å². The van der Waals surface area contributed by atoms with Crippen molar-refractivity contribution in [2.45, 2.75) is 47.9 Å². The van der Waals surface area contributed by atoms with Crippen molar-refractivity contribution in [3.8, 4) is 5.75 Å². The van der Waals surface area contributed by atoms with Crippen LogP contribution < -0.4 is 4.74 Å². The number of halogens is 3. The predicted molar refractivity (Wildman–Crippen MR) is 119 cm³/mol. The first-order chi connectivity index (χ1) is 9.93. The fraction of sp³-hybridized carbons (Fsp3) is 0.588. The highest BCUT2D eigenvalue weighted by molar-refractivity contribution is 14.2. The van der Waals surface area contributed by atoms with Crippen LogP contribution in [0.25, 0.3) is 0 Å². The first-order valence-electron chi connectivity index (χ1n) is 7.44. The zero-order chi connectivity index (χ0) is 15.5. The molecule has 1 nitrogen and oxygen atoms in total. The monoisotopic (exact) mass is 624 g/mol. The van der Waals surface area contributed by atoms with Gasteiger partial charge in [-0.15, -0.1) is 0 Å². The summed E-state index contributed by atoms with van der Waals surface area (Å²) in [5.41, 5.74) is 0.489. The van der Waals surface area contributed by atoms with Crippen molar-refractivity contribution in [1.82, 2.24) is 0 Å². The lowest BCUT2D eigenvalue weighted by Gasteiger charge is -2.37. The number of benzene rings is 1. The Bertz CT molecular complexity index is 495. The van der Waals surface area contributed by atoms with Gasteiger partial charge in [0.15, 0.2) is 0 Å². The van der Waals surface area contributed by atoms with Gasteiger partial charge >= 0.3 is 0 Å².